The van der Waals surface area contributed by atoms with Gasteiger partial charge in [-0.05, 0) is 38.0 Å². The summed E-state index contributed by atoms with van der Waals surface area (Å²) in [4.78, 5) is 10.5. The average molecular weight is 266 g/mol. The Balaban J connectivity index is 2.32. The van der Waals surface area contributed by atoms with Crippen LogP contribution in [0.3, 0.4) is 0 Å². The maximum Gasteiger partial charge on any atom is 0.307 e. The predicted octanol–water partition coefficient (Wildman–Crippen LogP) is 2.90. The van der Waals surface area contributed by atoms with Gasteiger partial charge in [0.25, 0.3) is 0 Å². The summed E-state index contributed by atoms with van der Waals surface area (Å²) in [5.74, 6) is -0.101. The lowest BCUT2D eigenvalue weighted by Crippen LogP contribution is -2.25. The van der Waals surface area contributed by atoms with Crippen LogP contribution in [0.5, 0.6) is 5.75 Å². The van der Waals surface area contributed by atoms with Gasteiger partial charge in [-0.15, -0.1) is 0 Å². The van der Waals surface area contributed by atoms with Gasteiger partial charge in [0, 0.05) is 0 Å². The first-order valence-electron chi connectivity index (χ1n) is 6.50. The smallest absolute Gasteiger partial charge is 0.307 e. The molecule has 0 bridgehead atoms. The van der Waals surface area contributed by atoms with Crippen LogP contribution in [-0.4, -0.2) is 29.9 Å². The van der Waals surface area contributed by atoms with E-state index < -0.39 is 5.97 Å². The van der Waals surface area contributed by atoms with E-state index in [1.807, 2.05) is 13.8 Å². The molecule has 106 valence electrons. The topological polar surface area (TPSA) is 55.8 Å². The van der Waals surface area contributed by atoms with Crippen LogP contribution in [0.2, 0.25) is 0 Å². The van der Waals surface area contributed by atoms with Crippen molar-refractivity contribution in [1.29, 1.82) is 0 Å². The number of rotatable bonds is 8. The molecular weight excluding hydrogens is 244 g/mol. The molecule has 0 heterocycles. The third-order valence-corrected chi connectivity index (χ3v) is 2.98. The molecule has 0 amide bonds. The number of hydrogen-bond donors (Lipinski definition) is 1. The van der Waals surface area contributed by atoms with Crippen LogP contribution in [-0.2, 0) is 16.0 Å². The van der Waals surface area contributed by atoms with Crippen molar-refractivity contribution in [3.63, 3.8) is 0 Å². The Morgan fingerprint density at radius 1 is 1.21 bits per heavy atom. The summed E-state index contributed by atoms with van der Waals surface area (Å²) in [6.45, 7) is 7.21. The van der Waals surface area contributed by atoms with Gasteiger partial charge < -0.3 is 14.6 Å². The zero-order valence-electron chi connectivity index (χ0n) is 11.8. The fourth-order valence-electron chi connectivity index (χ4n) is 1.46. The summed E-state index contributed by atoms with van der Waals surface area (Å²) in [5, 5.41) is 8.66. The van der Waals surface area contributed by atoms with E-state index in [-0.39, 0.29) is 12.0 Å². The van der Waals surface area contributed by atoms with Gasteiger partial charge in [-0.25, -0.2) is 0 Å². The Morgan fingerprint density at radius 3 is 2.37 bits per heavy atom. The van der Waals surface area contributed by atoms with Crippen molar-refractivity contribution in [2.24, 2.45) is 0 Å². The highest BCUT2D eigenvalue weighted by atomic mass is 16.5. The minimum absolute atomic E-state index is 0.0358. The molecule has 0 atom stereocenters. The molecule has 1 aromatic rings. The van der Waals surface area contributed by atoms with Crippen molar-refractivity contribution in [3.8, 4) is 5.75 Å². The Hall–Kier alpha value is -1.55. The van der Waals surface area contributed by atoms with Crippen LogP contribution in [0.1, 0.15) is 32.8 Å². The van der Waals surface area contributed by atoms with Crippen molar-refractivity contribution in [3.05, 3.63) is 29.8 Å². The number of carbonyl (C=O) groups is 1. The summed E-state index contributed by atoms with van der Waals surface area (Å²) in [6.07, 6.45) is 0.991. The Labute approximate surface area is 114 Å². The third kappa shape index (κ3) is 6.25. The van der Waals surface area contributed by atoms with Gasteiger partial charge in [-0.1, -0.05) is 19.1 Å². The van der Waals surface area contributed by atoms with E-state index in [0.717, 1.165) is 17.7 Å². The van der Waals surface area contributed by atoms with Crippen LogP contribution in [0.4, 0.5) is 0 Å². The number of carboxylic acids is 1. The molecule has 0 spiro atoms. The second-order valence-electron chi connectivity index (χ2n) is 5.02. The molecule has 0 radical (unpaired) electrons. The zero-order chi connectivity index (χ0) is 14.3. The largest absolute Gasteiger partial charge is 0.491 e. The zero-order valence-corrected chi connectivity index (χ0v) is 11.8. The molecule has 0 aliphatic heterocycles. The van der Waals surface area contributed by atoms with Gasteiger partial charge in [0.15, 0.2) is 0 Å². The Bertz CT molecular complexity index is 395. The second kappa shape index (κ2) is 7.14. The molecule has 0 aliphatic rings. The van der Waals surface area contributed by atoms with E-state index in [1.165, 1.54) is 0 Å². The van der Waals surface area contributed by atoms with Gasteiger partial charge in [0.1, 0.15) is 12.4 Å². The average Bonchev–Trinajstić information content (AvgIpc) is 2.36. The molecule has 0 aliphatic carbocycles. The van der Waals surface area contributed by atoms with Crippen molar-refractivity contribution in [2.45, 2.75) is 39.2 Å². The standard InChI is InChI=1S/C15H22O4/c1-4-15(2,3)19-10-9-18-13-7-5-12(6-8-13)11-14(16)17/h5-8H,4,9-11H2,1-3H3,(H,16,17). The normalized spacial score (nSPS) is 11.3. The third-order valence-electron chi connectivity index (χ3n) is 2.98. The fourth-order valence-corrected chi connectivity index (χ4v) is 1.46. The number of ether oxygens (including phenoxy) is 2. The number of carboxylic acid groups (broad SMARTS) is 1. The molecule has 0 fully saturated rings. The van der Waals surface area contributed by atoms with E-state index in [4.69, 9.17) is 14.6 Å². The van der Waals surface area contributed by atoms with Crippen LogP contribution >= 0.6 is 0 Å². The molecule has 1 N–H and O–H groups in total. The van der Waals surface area contributed by atoms with Crippen molar-refractivity contribution in [1.82, 2.24) is 0 Å². The van der Waals surface area contributed by atoms with Gasteiger partial charge in [-0.3, -0.25) is 4.79 Å². The molecule has 4 nitrogen and oxygen atoms in total. The maximum atomic E-state index is 10.5. The minimum atomic E-state index is -0.830. The number of hydrogen-bond acceptors (Lipinski definition) is 3. The molecule has 1 rings (SSSR count). The van der Waals surface area contributed by atoms with Crippen molar-refractivity contribution >= 4 is 5.97 Å². The van der Waals surface area contributed by atoms with Crippen molar-refractivity contribution < 1.29 is 19.4 Å². The monoisotopic (exact) mass is 266 g/mol. The van der Waals surface area contributed by atoms with Crippen LogP contribution < -0.4 is 4.74 Å². The van der Waals surface area contributed by atoms with Gasteiger partial charge in [0.2, 0.25) is 0 Å². The summed E-state index contributed by atoms with van der Waals surface area (Å²) >= 11 is 0. The summed E-state index contributed by atoms with van der Waals surface area (Å²) in [6, 6.07) is 7.09. The molecule has 19 heavy (non-hydrogen) atoms. The Morgan fingerprint density at radius 2 is 1.84 bits per heavy atom. The van der Waals surface area contributed by atoms with E-state index in [1.54, 1.807) is 24.3 Å². The molecular formula is C15H22O4. The highest BCUT2D eigenvalue weighted by Gasteiger charge is 2.14. The van der Waals surface area contributed by atoms with E-state index in [0.29, 0.717) is 13.2 Å². The van der Waals surface area contributed by atoms with Gasteiger partial charge in [-0.2, -0.15) is 0 Å². The second-order valence-corrected chi connectivity index (χ2v) is 5.02. The maximum absolute atomic E-state index is 10.5. The van der Waals surface area contributed by atoms with Crippen molar-refractivity contribution in [2.75, 3.05) is 13.2 Å². The summed E-state index contributed by atoms with van der Waals surface area (Å²) in [5.41, 5.74) is 0.651. The summed E-state index contributed by atoms with van der Waals surface area (Å²) in [7, 11) is 0. The number of aliphatic carboxylic acids is 1. The molecule has 0 unspecified atom stereocenters. The molecule has 0 aromatic heterocycles. The Kier molecular flexibility index (Phi) is 5.83. The van der Waals surface area contributed by atoms with Crippen LogP contribution in [0.15, 0.2) is 24.3 Å². The van der Waals surface area contributed by atoms with E-state index in [2.05, 4.69) is 6.92 Å². The SMILES string of the molecule is CCC(C)(C)OCCOc1ccc(CC(=O)O)cc1. The van der Waals surface area contributed by atoms with Gasteiger partial charge in [0.05, 0.1) is 18.6 Å². The molecule has 0 saturated heterocycles. The van der Waals surface area contributed by atoms with E-state index >= 15 is 0 Å². The minimum Gasteiger partial charge on any atom is -0.491 e. The van der Waals surface area contributed by atoms with Crippen LogP contribution in [0, 0.1) is 0 Å². The first-order chi connectivity index (χ1) is 8.93. The predicted molar refractivity (Wildman–Crippen MR) is 73.6 cm³/mol. The highest BCUT2D eigenvalue weighted by Crippen LogP contribution is 2.15. The molecule has 4 heteroatoms. The number of benzene rings is 1. The lowest BCUT2D eigenvalue weighted by Gasteiger charge is -2.23. The van der Waals surface area contributed by atoms with Gasteiger partial charge >= 0.3 is 5.97 Å². The van der Waals surface area contributed by atoms with E-state index in [9.17, 15) is 4.79 Å². The summed E-state index contributed by atoms with van der Waals surface area (Å²) < 4.78 is 11.2. The fraction of sp³-hybridized carbons (Fsp3) is 0.533. The first-order valence-corrected chi connectivity index (χ1v) is 6.50. The quantitative estimate of drug-likeness (QED) is 0.735. The van der Waals surface area contributed by atoms with Crippen LogP contribution in [0.25, 0.3) is 0 Å². The highest BCUT2D eigenvalue weighted by molar-refractivity contribution is 5.70. The lowest BCUT2D eigenvalue weighted by molar-refractivity contribution is -0.136. The first kappa shape index (κ1) is 15.5. The molecule has 0 saturated carbocycles. The lowest BCUT2D eigenvalue weighted by atomic mass is 10.1. The molecule has 1 aromatic carbocycles.